The Morgan fingerprint density at radius 2 is 1.85 bits per heavy atom. The molecule has 0 N–H and O–H groups in total. The molecule has 0 saturated heterocycles. The quantitative estimate of drug-likeness (QED) is 0.311. The van der Waals surface area contributed by atoms with E-state index < -0.39 is 0 Å². The summed E-state index contributed by atoms with van der Waals surface area (Å²) >= 11 is 0. The van der Waals surface area contributed by atoms with E-state index in [0.717, 1.165) is 19.3 Å². The van der Waals surface area contributed by atoms with Crippen molar-refractivity contribution < 1.29 is 19.1 Å². The molecular formula is C16H28O4. The Morgan fingerprint density at radius 3 is 2.50 bits per heavy atom. The number of rotatable bonds is 12. The Hall–Kier alpha value is -1.32. The van der Waals surface area contributed by atoms with Crippen LogP contribution in [0, 0.1) is 0 Å². The zero-order valence-electron chi connectivity index (χ0n) is 12.9. The summed E-state index contributed by atoms with van der Waals surface area (Å²) in [6.07, 6.45) is 7.65. The van der Waals surface area contributed by atoms with Crippen molar-refractivity contribution in [2.24, 2.45) is 0 Å². The lowest BCUT2D eigenvalue weighted by molar-refractivity contribution is -0.149. The maximum Gasteiger partial charge on any atom is 0.306 e. The van der Waals surface area contributed by atoms with E-state index in [4.69, 9.17) is 9.47 Å². The van der Waals surface area contributed by atoms with Gasteiger partial charge in [-0.1, -0.05) is 25.8 Å². The molecule has 0 radical (unpaired) electrons. The van der Waals surface area contributed by atoms with Crippen LogP contribution in [0.4, 0.5) is 0 Å². The Balaban J connectivity index is 3.56. The second-order valence-corrected chi connectivity index (χ2v) is 4.95. The van der Waals surface area contributed by atoms with E-state index in [0.29, 0.717) is 19.4 Å². The molecule has 0 fully saturated rings. The second-order valence-electron chi connectivity index (χ2n) is 4.95. The van der Waals surface area contributed by atoms with Crippen LogP contribution in [0.2, 0.25) is 0 Å². The van der Waals surface area contributed by atoms with Crippen molar-refractivity contribution in [1.29, 1.82) is 0 Å². The monoisotopic (exact) mass is 284 g/mol. The lowest BCUT2D eigenvalue weighted by Gasteiger charge is -2.12. The minimum absolute atomic E-state index is 0.0337. The molecule has 0 heterocycles. The first-order valence-electron chi connectivity index (χ1n) is 7.56. The third-order valence-electron chi connectivity index (χ3n) is 2.89. The first kappa shape index (κ1) is 18.7. The van der Waals surface area contributed by atoms with Gasteiger partial charge >= 0.3 is 11.9 Å². The number of ether oxygens (including phenoxy) is 2. The van der Waals surface area contributed by atoms with Crippen molar-refractivity contribution in [3.63, 3.8) is 0 Å². The zero-order chi connectivity index (χ0) is 15.2. The SMILES string of the molecule is C=CCCOC(=O)CCCC(=O)OC(C)CCCCC. The molecule has 0 aliphatic carbocycles. The lowest BCUT2D eigenvalue weighted by atomic mass is 10.1. The van der Waals surface area contributed by atoms with Crippen molar-refractivity contribution in [2.75, 3.05) is 6.61 Å². The molecule has 0 aromatic heterocycles. The van der Waals surface area contributed by atoms with Crippen LogP contribution in [0.15, 0.2) is 12.7 Å². The van der Waals surface area contributed by atoms with Gasteiger partial charge in [0.2, 0.25) is 0 Å². The van der Waals surface area contributed by atoms with Gasteiger partial charge < -0.3 is 9.47 Å². The molecule has 0 aromatic carbocycles. The maximum atomic E-state index is 11.5. The van der Waals surface area contributed by atoms with Crippen LogP contribution in [0.1, 0.15) is 65.2 Å². The molecule has 0 spiro atoms. The Kier molecular flexibility index (Phi) is 11.9. The summed E-state index contributed by atoms with van der Waals surface area (Å²) in [5.41, 5.74) is 0. The molecule has 0 amide bonds. The molecule has 0 rings (SSSR count). The molecule has 0 bridgehead atoms. The first-order valence-corrected chi connectivity index (χ1v) is 7.56. The first-order chi connectivity index (χ1) is 9.60. The summed E-state index contributed by atoms with van der Waals surface area (Å²) < 4.78 is 10.2. The van der Waals surface area contributed by atoms with Crippen LogP contribution >= 0.6 is 0 Å². The van der Waals surface area contributed by atoms with Crippen molar-refractivity contribution in [1.82, 2.24) is 0 Å². The molecule has 1 unspecified atom stereocenters. The molecule has 0 aliphatic rings. The fourth-order valence-electron chi connectivity index (χ4n) is 1.73. The molecule has 4 heteroatoms. The van der Waals surface area contributed by atoms with Gasteiger partial charge in [0, 0.05) is 12.8 Å². The molecule has 20 heavy (non-hydrogen) atoms. The molecule has 116 valence electrons. The predicted octanol–water partition coefficient (Wildman–Crippen LogP) is 3.79. The second kappa shape index (κ2) is 12.7. The van der Waals surface area contributed by atoms with Gasteiger partial charge in [-0.2, -0.15) is 0 Å². The number of hydrogen-bond acceptors (Lipinski definition) is 4. The van der Waals surface area contributed by atoms with Crippen molar-refractivity contribution in [3.8, 4) is 0 Å². The van der Waals surface area contributed by atoms with Crippen LogP contribution in [0.5, 0.6) is 0 Å². The van der Waals surface area contributed by atoms with Gasteiger partial charge in [-0.3, -0.25) is 9.59 Å². The van der Waals surface area contributed by atoms with Crippen LogP contribution in [-0.4, -0.2) is 24.6 Å². The molecule has 0 aliphatic heterocycles. The van der Waals surface area contributed by atoms with Gasteiger partial charge in [0.1, 0.15) is 0 Å². The van der Waals surface area contributed by atoms with Gasteiger partial charge in [-0.25, -0.2) is 0 Å². The van der Waals surface area contributed by atoms with E-state index >= 15 is 0 Å². The number of esters is 2. The summed E-state index contributed by atoms with van der Waals surface area (Å²) in [4.78, 5) is 22.8. The smallest absolute Gasteiger partial charge is 0.306 e. The average molecular weight is 284 g/mol. The van der Waals surface area contributed by atoms with Crippen LogP contribution in [0.3, 0.4) is 0 Å². The highest BCUT2D eigenvalue weighted by Crippen LogP contribution is 2.08. The van der Waals surface area contributed by atoms with Crippen LogP contribution < -0.4 is 0 Å². The Bertz CT molecular complexity index is 286. The topological polar surface area (TPSA) is 52.6 Å². The number of hydrogen-bond donors (Lipinski definition) is 0. The number of carbonyl (C=O) groups excluding carboxylic acids is 2. The standard InChI is InChI=1S/C16H28O4/c1-4-6-8-10-14(3)20-16(18)12-9-11-15(17)19-13-7-5-2/h5,14H,2,4,6-13H2,1,3H3. The van der Waals surface area contributed by atoms with E-state index in [1.54, 1.807) is 6.08 Å². The largest absolute Gasteiger partial charge is 0.465 e. The van der Waals surface area contributed by atoms with Crippen molar-refractivity contribution >= 4 is 11.9 Å². The molecule has 0 aromatic rings. The third kappa shape index (κ3) is 11.8. The summed E-state index contributed by atoms with van der Waals surface area (Å²) in [5.74, 6) is -0.497. The Labute approximate surface area is 122 Å². The van der Waals surface area contributed by atoms with Gasteiger partial charge in [-0.15, -0.1) is 6.58 Å². The van der Waals surface area contributed by atoms with E-state index in [-0.39, 0.29) is 30.9 Å². The number of unbranched alkanes of at least 4 members (excludes halogenated alkanes) is 2. The third-order valence-corrected chi connectivity index (χ3v) is 2.89. The van der Waals surface area contributed by atoms with E-state index in [1.165, 1.54) is 6.42 Å². The summed E-state index contributed by atoms with van der Waals surface area (Å²) in [6, 6.07) is 0. The summed E-state index contributed by atoms with van der Waals surface area (Å²) in [7, 11) is 0. The van der Waals surface area contributed by atoms with Gasteiger partial charge in [0.15, 0.2) is 0 Å². The molecule has 4 nitrogen and oxygen atoms in total. The highest BCUT2D eigenvalue weighted by molar-refractivity contribution is 5.72. The van der Waals surface area contributed by atoms with Gasteiger partial charge in [-0.05, 0) is 32.6 Å². The molecule has 0 saturated carbocycles. The lowest BCUT2D eigenvalue weighted by Crippen LogP contribution is -2.15. The highest BCUT2D eigenvalue weighted by atomic mass is 16.5. The van der Waals surface area contributed by atoms with E-state index in [2.05, 4.69) is 13.5 Å². The van der Waals surface area contributed by atoms with Gasteiger partial charge in [0.05, 0.1) is 12.7 Å². The summed E-state index contributed by atoms with van der Waals surface area (Å²) in [5, 5.41) is 0. The molecular weight excluding hydrogens is 256 g/mol. The minimum Gasteiger partial charge on any atom is -0.465 e. The molecule has 1 atom stereocenters. The maximum absolute atomic E-state index is 11.5. The normalized spacial score (nSPS) is 11.7. The summed E-state index contributed by atoms with van der Waals surface area (Å²) in [6.45, 7) is 7.96. The zero-order valence-corrected chi connectivity index (χ0v) is 12.9. The van der Waals surface area contributed by atoms with Crippen molar-refractivity contribution in [2.45, 2.75) is 71.3 Å². The highest BCUT2D eigenvalue weighted by Gasteiger charge is 2.10. The van der Waals surface area contributed by atoms with Crippen LogP contribution in [-0.2, 0) is 19.1 Å². The van der Waals surface area contributed by atoms with E-state index in [1.807, 2.05) is 6.92 Å². The fourth-order valence-corrected chi connectivity index (χ4v) is 1.73. The van der Waals surface area contributed by atoms with Gasteiger partial charge in [0.25, 0.3) is 0 Å². The van der Waals surface area contributed by atoms with Crippen molar-refractivity contribution in [3.05, 3.63) is 12.7 Å². The predicted molar refractivity (Wildman–Crippen MR) is 79.3 cm³/mol. The minimum atomic E-state index is -0.268. The van der Waals surface area contributed by atoms with Crippen LogP contribution in [0.25, 0.3) is 0 Å². The fraction of sp³-hybridized carbons (Fsp3) is 0.750. The van der Waals surface area contributed by atoms with E-state index in [9.17, 15) is 9.59 Å². The number of carbonyl (C=O) groups is 2. The Morgan fingerprint density at radius 1 is 1.15 bits per heavy atom. The average Bonchev–Trinajstić information content (AvgIpc) is 2.39.